The van der Waals surface area contributed by atoms with Crippen LogP contribution in [-0.2, 0) is 0 Å². The number of halogens is 1. The summed E-state index contributed by atoms with van der Waals surface area (Å²) in [5.41, 5.74) is 2.37. The van der Waals surface area contributed by atoms with E-state index in [1.165, 1.54) is 5.56 Å². The number of thioether (sulfide) groups is 1. The number of nitrogens with one attached hydrogen (secondary N) is 1. The molecule has 0 saturated carbocycles. The van der Waals surface area contributed by atoms with Crippen molar-refractivity contribution in [2.45, 2.75) is 30.3 Å². The molecule has 1 heterocycles. The molecule has 3 rings (SSSR count). The number of rotatable bonds is 3. The fourth-order valence-corrected chi connectivity index (χ4v) is 3.84. The van der Waals surface area contributed by atoms with Gasteiger partial charge in [0.1, 0.15) is 5.82 Å². The highest BCUT2D eigenvalue weighted by Crippen LogP contribution is 2.38. The zero-order chi connectivity index (χ0) is 13.9. The smallest absolute Gasteiger partial charge is 0.137 e. The first-order valence-corrected chi connectivity index (χ1v) is 7.96. The molecule has 0 aromatic heterocycles. The minimum Gasteiger partial charge on any atom is -0.303 e. The quantitative estimate of drug-likeness (QED) is 0.877. The third-order valence-corrected chi connectivity index (χ3v) is 4.94. The lowest BCUT2D eigenvalue weighted by Gasteiger charge is -2.29. The molecule has 0 radical (unpaired) electrons. The second-order valence-electron chi connectivity index (χ2n) is 5.15. The van der Waals surface area contributed by atoms with Crippen LogP contribution in [0.2, 0.25) is 0 Å². The van der Waals surface area contributed by atoms with Gasteiger partial charge in [0, 0.05) is 17.0 Å². The van der Waals surface area contributed by atoms with Crippen LogP contribution in [0, 0.1) is 5.82 Å². The van der Waals surface area contributed by atoms with Gasteiger partial charge in [0.2, 0.25) is 0 Å². The van der Waals surface area contributed by atoms with E-state index in [0.29, 0.717) is 0 Å². The Hall–Kier alpha value is -1.32. The third kappa shape index (κ3) is 2.74. The van der Waals surface area contributed by atoms with Gasteiger partial charge in [0.25, 0.3) is 0 Å². The van der Waals surface area contributed by atoms with E-state index in [0.717, 1.165) is 22.6 Å². The molecule has 3 heteroatoms. The molecule has 2 aromatic rings. The Morgan fingerprint density at radius 2 is 1.95 bits per heavy atom. The first kappa shape index (κ1) is 13.7. The summed E-state index contributed by atoms with van der Waals surface area (Å²) in [6, 6.07) is 16.3. The van der Waals surface area contributed by atoms with E-state index >= 15 is 0 Å². The van der Waals surface area contributed by atoms with Crippen LogP contribution in [0.25, 0.3) is 0 Å². The molecule has 1 N–H and O–H groups in total. The van der Waals surface area contributed by atoms with Crippen molar-refractivity contribution in [1.29, 1.82) is 0 Å². The Bertz CT molecular complexity index is 585. The topological polar surface area (TPSA) is 12.0 Å². The Labute approximate surface area is 123 Å². The molecule has 1 aliphatic rings. The fraction of sp³-hybridized carbons (Fsp3) is 0.294. The van der Waals surface area contributed by atoms with E-state index in [1.807, 2.05) is 18.2 Å². The highest BCUT2D eigenvalue weighted by atomic mass is 32.2. The summed E-state index contributed by atoms with van der Waals surface area (Å²) in [5, 5.41) is 3.64. The van der Waals surface area contributed by atoms with Gasteiger partial charge >= 0.3 is 0 Å². The van der Waals surface area contributed by atoms with Gasteiger partial charge in [-0.05, 0) is 36.3 Å². The summed E-state index contributed by atoms with van der Waals surface area (Å²) >= 11 is 1.63. The lowest BCUT2D eigenvalue weighted by molar-refractivity contribution is 0.444. The van der Waals surface area contributed by atoms with E-state index in [-0.39, 0.29) is 17.9 Å². The summed E-state index contributed by atoms with van der Waals surface area (Å²) in [6.45, 7) is 2.16. The lowest BCUT2D eigenvalue weighted by Crippen LogP contribution is -2.27. The molecule has 2 unspecified atom stereocenters. The van der Waals surface area contributed by atoms with Crippen molar-refractivity contribution in [1.82, 2.24) is 5.32 Å². The average Bonchev–Trinajstić information content (AvgIpc) is 2.49. The average molecular weight is 287 g/mol. The monoisotopic (exact) mass is 287 g/mol. The summed E-state index contributed by atoms with van der Waals surface area (Å²) in [4.78, 5) is 0.816. The summed E-state index contributed by atoms with van der Waals surface area (Å²) in [6.07, 6.45) is 1.04. The molecule has 0 fully saturated rings. The van der Waals surface area contributed by atoms with Crippen LogP contribution in [0.3, 0.4) is 0 Å². The molecule has 104 valence electrons. The molecular formula is C17H18FNS. The van der Waals surface area contributed by atoms with Gasteiger partial charge in [-0.15, -0.1) is 11.8 Å². The maximum Gasteiger partial charge on any atom is 0.137 e. The van der Waals surface area contributed by atoms with Crippen molar-refractivity contribution in [3.8, 4) is 0 Å². The van der Waals surface area contributed by atoms with Crippen molar-refractivity contribution in [2.24, 2.45) is 0 Å². The highest BCUT2D eigenvalue weighted by molar-refractivity contribution is 7.99. The molecule has 2 aromatic carbocycles. The van der Waals surface area contributed by atoms with E-state index in [9.17, 15) is 4.39 Å². The van der Waals surface area contributed by atoms with E-state index in [4.69, 9.17) is 0 Å². The number of benzene rings is 2. The molecule has 2 atom stereocenters. The molecule has 0 aliphatic carbocycles. The Morgan fingerprint density at radius 1 is 1.15 bits per heavy atom. The van der Waals surface area contributed by atoms with Crippen LogP contribution in [0.5, 0.6) is 0 Å². The molecule has 0 bridgehead atoms. The van der Waals surface area contributed by atoms with Crippen molar-refractivity contribution < 1.29 is 4.39 Å². The molecule has 1 nitrogen and oxygen atoms in total. The summed E-state index contributed by atoms with van der Waals surface area (Å²) in [5.74, 6) is 0.874. The molecule has 20 heavy (non-hydrogen) atoms. The first-order valence-electron chi connectivity index (χ1n) is 6.98. The summed E-state index contributed by atoms with van der Waals surface area (Å²) in [7, 11) is 0. The molecule has 0 saturated heterocycles. The minimum absolute atomic E-state index is 0.0913. The van der Waals surface area contributed by atoms with E-state index in [1.54, 1.807) is 17.8 Å². The van der Waals surface area contributed by atoms with Crippen LogP contribution in [0.1, 0.15) is 36.6 Å². The zero-order valence-electron chi connectivity index (χ0n) is 11.5. The van der Waals surface area contributed by atoms with Crippen molar-refractivity contribution >= 4 is 11.8 Å². The molecule has 1 aliphatic heterocycles. The van der Waals surface area contributed by atoms with Gasteiger partial charge < -0.3 is 5.32 Å². The predicted molar refractivity (Wildman–Crippen MR) is 82.5 cm³/mol. The normalized spacial score (nSPS) is 19.4. The molecule has 0 amide bonds. The van der Waals surface area contributed by atoms with Gasteiger partial charge in [0.15, 0.2) is 0 Å². The van der Waals surface area contributed by atoms with Crippen LogP contribution in [0.4, 0.5) is 4.39 Å². The van der Waals surface area contributed by atoms with Gasteiger partial charge in [-0.2, -0.15) is 0 Å². The van der Waals surface area contributed by atoms with Gasteiger partial charge in [-0.1, -0.05) is 42.5 Å². The largest absolute Gasteiger partial charge is 0.303 e. The van der Waals surface area contributed by atoms with Crippen LogP contribution in [0.15, 0.2) is 53.4 Å². The van der Waals surface area contributed by atoms with Crippen LogP contribution >= 0.6 is 11.8 Å². The zero-order valence-corrected chi connectivity index (χ0v) is 12.3. The minimum atomic E-state index is -0.0913. The van der Waals surface area contributed by atoms with Crippen LogP contribution in [-0.4, -0.2) is 5.75 Å². The van der Waals surface area contributed by atoms with E-state index in [2.05, 4.69) is 36.5 Å². The molecular weight excluding hydrogens is 269 g/mol. The summed E-state index contributed by atoms with van der Waals surface area (Å²) < 4.78 is 13.9. The van der Waals surface area contributed by atoms with Crippen LogP contribution < -0.4 is 5.32 Å². The maximum atomic E-state index is 13.9. The van der Waals surface area contributed by atoms with Crippen molar-refractivity contribution in [3.63, 3.8) is 0 Å². The van der Waals surface area contributed by atoms with Crippen molar-refractivity contribution in [3.05, 3.63) is 65.5 Å². The number of fused-ring (bicyclic) bond motifs is 1. The fourth-order valence-electron chi connectivity index (χ4n) is 2.70. The second-order valence-corrected chi connectivity index (χ2v) is 6.25. The van der Waals surface area contributed by atoms with Gasteiger partial charge in [0.05, 0.1) is 0 Å². The predicted octanol–water partition coefficient (Wildman–Crippen LogP) is 4.71. The second kappa shape index (κ2) is 5.98. The Kier molecular flexibility index (Phi) is 4.08. The highest BCUT2D eigenvalue weighted by Gasteiger charge is 2.24. The number of hydrogen-bond donors (Lipinski definition) is 1. The Morgan fingerprint density at radius 3 is 2.75 bits per heavy atom. The van der Waals surface area contributed by atoms with Gasteiger partial charge in [-0.3, -0.25) is 0 Å². The van der Waals surface area contributed by atoms with Crippen molar-refractivity contribution in [2.75, 3.05) is 5.75 Å². The number of hydrogen-bond acceptors (Lipinski definition) is 2. The SMILES string of the molecule is CC(NC1CCSc2c(F)cccc21)c1ccccc1. The maximum absolute atomic E-state index is 13.9. The Balaban J connectivity index is 1.82. The molecule has 0 spiro atoms. The first-order chi connectivity index (χ1) is 9.75. The standard InChI is InChI=1S/C17H18FNS/c1-12(13-6-3-2-4-7-13)19-16-10-11-20-17-14(16)8-5-9-15(17)18/h2-9,12,16,19H,10-11H2,1H3. The third-order valence-electron chi connectivity index (χ3n) is 3.78. The van der Waals surface area contributed by atoms with Gasteiger partial charge in [-0.25, -0.2) is 4.39 Å². The lowest BCUT2D eigenvalue weighted by atomic mass is 10.0. The van der Waals surface area contributed by atoms with E-state index < -0.39 is 0 Å².